The van der Waals surface area contributed by atoms with Gasteiger partial charge in [0.05, 0.1) is 28.1 Å². The Labute approximate surface area is 184 Å². The van der Waals surface area contributed by atoms with E-state index in [1.807, 2.05) is 18.2 Å². The number of nitrogen functional groups attached to an aromatic ring is 1. The van der Waals surface area contributed by atoms with Gasteiger partial charge in [-0.05, 0) is 54.9 Å². The first-order chi connectivity index (χ1) is 14.4. The van der Waals surface area contributed by atoms with Crippen LogP contribution in [-0.4, -0.2) is 49.1 Å². The molecule has 0 spiro atoms. The van der Waals surface area contributed by atoms with Crippen molar-refractivity contribution in [2.24, 2.45) is 5.92 Å². The molecule has 0 amide bonds. The van der Waals surface area contributed by atoms with Crippen LogP contribution in [0.3, 0.4) is 0 Å². The standard InChI is InChI=1S/C15H20Cl2O3.C6H6N4/c16-12-5-4-10(6-13(12)17)11(9-2-1-3-9)7-14(19)15(20)8-18;7-5-4-1-2-8-6(4)10-3-9-5/h4-6,9,11,14-15,18-20H,1-3,7-8H2;1-3H,(H3,7,8,9,10)/t11?,14-,15?;/m0./s1. The summed E-state index contributed by atoms with van der Waals surface area (Å²) < 4.78 is 0. The normalized spacial score (nSPS) is 17.0. The van der Waals surface area contributed by atoms with Crippen LogP contribution < -0.4 is 5.73 Å². The summed E-state index contributed by atoms with van der Waals surface area (Å²) in [5.74, 6) is 1.15. The minimum absolute atomic E-state index is 0.134. The highest BCUT2D eigenvalue weighted by molar-refractivity contribution is 6.42. The number of fused-ring (bicyclic) bond motifs is 1. The van der Waals surface area contributed by atoms with Gasteiger partial charge in [-0.2, -0.15) is 0 Å². The lowest BCUT2D eigenvalue weighted by molar-refractivity contribution is -0.0252. The molecule has 30 heavy (non-hydrogen) atoms. The molecule has 1 fully saturated rings. The van der Waals surface area contributed by atoms with Gasteiger partial charge in [0.25, 0.3) is 0 Å². The minimum atomic E-state index is -1.10. The van der Waals surface area contributed by atoms with E-state index in [-0.39, 0.29) is 5.92 Å². The first-order valence-electron chi connectivity index (χ1n) is 9.86. The summed E-state index contributed by atoms with van der Waals surface area (Å²) in [5.41, 5.74) is 7.35. The molecule has 0 bridgehead atoms. The Morgan fingerprint density at radius 2 is 1.87 bits per heavy atom. The molecule has 6 N–H and O–H groups in total. The number of H-pyrrole nitrogens is 1. The van der Waals surface area contributed by atoms with Crippen molar-refractivity contribution in [2.75, 3.05) is 12.3 Å². The lowest BCUT2D eigenvalue weighted by atomic mass is 9.70. The van der Waals surface area contributed by atoms with Crippen LogP contribution in [0.5, 0.6) is 0 Å². The first kappa shape index (κ1) is 22.8. The van der Waals surface area contributed by atoms with E-state index in [0.29, 0.717) is 28.2 Å². The van der Waals surface area contributed by atoms with Gasteiger partial charge in [0.2, 0.25) is 0 Å². The summed E-state index contributed by atoms with van der Waals surface area (Å²) in [5, 5.41) is 30.3. The van der Waals surface area contributed by atoms with E-state index in [0.717, 1.165) is 29.4 Å². The van der Waals surface area contributed by atoms with Gasteiger partial charge in [0.1, 0.15) is 23.9 Å². The van der Waals surface area contributed by atoms with E-state index in [2.05, 4.69) is 15.0 Å². The molecule has 1 saturated carbocycles. The number of rotatable bonds is 6. The molecular formula is C21H26Cl2N4O3. The Hall–Kier alpha value is -1.90. The smallest absolute Gasteiger partial charge is 0.142 e. The van der Waals surface area contributed by atoms with E-state index in [1.165, 1.54) is 12.7 Å². The third-order valence-electron chi connectivity index (χ3n) is 5.60. The molecule has 2 unspecified atom stereocenters. The fraction of sp³-hybridized carbons (Fsp3) is 0.429. The lowest BCUT2D eigenvalue weighted by Gasteiger charge is -2.36. The van der Waals surface area contributed by atoms with Crippen molar-refractivity contribution in [3.63, 3.8) is 0 Å². The summed E-state index contributed by atoms with van der Waals surface area (Å²) in [6, 6.07) is 7.38. The quantitative estimate of drug-likeness (QED) is 0.389. The molecule has 9 heteroatoms. The van der Waals surface area contributed by atoms with Crippen molar-refractivity contribution in [1.82, 2.24) is 15.0 Å². The fourth-order valence-electron chi connectivity index (χ4n) is 3.62. The van der Waals surface area contributed by atoms with Crippen LogP contribution in [-0.2, 0) is 0 Å². The Balaban J connectivity index is 0.000000212. The predicted octanol–water partition coefficient (Wildman–Crippen LogP) is 3.52. The number of aliphatic hydroxyl groups is 3. The fourth-order valence-corrected chi connectivity index (χ4v) is 3.92. The number of halogens is 2. The average molecular weight is 453 g/mol. The molecule has 1 aliphatic carbocycles. The van der Waals surface area contributed by atoms with Crippen molar-refractivity contribution in [2.45, 2.75) is 43.8 Å². The number of nitrogens with one attached hydrogen (secondary N) is 1. The summed E-state index contributed by atoms with van der Waals surface area (Å²) >= 11 is 12.0. The maximum atomic E-state index is 9.97. The molecule has 2 heterocycles. The number of nitrogens with zero attached hydrogens (tertiary/aromatic N) is 2. The van der Waals surface area contributed by atoms with Crippen molar-refractivity contribution in [3.05, 3.63) is 52.4 Å². The summed E-state index contributed by atoms with van der Waals surface area (Å²) in [4.78, 5) is 10.7. The molecule has 1 aliphatic rings. The molecule has 162 valence electrons. The predicted molar refractivity (Wildman–Crippen MR) is 119 cm³/mol. The number of aromatic nitrogens is 3. The SMILES string of the molecule is Nc1ncnc2[nH]ccc12.OCC(O)[C@@H](O)CC(c1ccc(Cl)c(Cl)c1)C1CCC1. The van der Waals surface area contributed by atoms with E-state index in [1.54, 1.807) is 12.3 Å². The van der Waals surface area contributed by atoms with Crippen LogP contribution in [0.1, 0.15) is 37.2 Å². The molecule has 4 rings (SSSR count). The minimum Gasteiger partial charge on any atom is -0.394 e. The first-order valence-corrected chi connectivity index (χ1v) is 10.6. The summed E-state index contributed by atoms with van der Waals surface area (Å²) in [7, 11) is 0. The zero-order valence-electron chi connectivity index (χ0n) is 16.4. The van der Waals surface area contributed by atoms with E-state index < -0.39 is 18.8 Å². The van der Waals surface area contributed by atoms with Crippen molar-refractivity contribution >= 4 is 40.1 Å². The largest absolute Gasteiger partial charge is 0.394 e. The molecule has 3 atom stereocenters. The molecule has 7 nitrogen and oxygen atoms in total. The zero-order chi connectivity index (χ0) is 21.7. The summed E-state index contributed by atoms with van der Waals surface area (Å²) in [6.45, 7) is -0.431. The van der Waals surface area contributed by atoms with E-state index >= 15 is 0 Å². The Bertz CT molecular complexity index is 964. The van der Waals surface area contributed by atoms with Crippen molar-refractivity contribution < 1.29 is 15.3 Å². The van der Waals surface area contributed by atoms with Crippen LogP contribution in [0.4, 0.5) is 5.82 Å². The molecule has 2 aromatic heterocycles. The van der Waals surface area contributed by atoms with E-state index in [4.69, 9.17) is 34.0 Å². The van der Waals surface area contributed by atoms with Crippen LogP contribution in [0, 0.1) is 5.92 Å². The van der Waals surface area contributed by atoms with Crippen LogP contribution in [0.2, 0.25) is 10.0 Å². The second-order valence-electron chi connectivity index (χ2n) is 7.52. The maximum absolute atomic E-state index is 9.97. The van der Waals surface area contributed by atoms with Gasteiger partial charge in [-0.1, -0.05) is 35.7 Å². The van der Waals surface area contributed by atoms with Crippen molar-refractivity contribution in [3.8, 4) is 0 Å². The second kappa shape index (κ2) is 10.4. The molecular weight excluding hydrogens is 427 g/mol. The van der Waals surface area contributed by atoms with Gasteiger partial charge in [0.15, 0.2) is 0 Å². The summed E-state index contributed by atoms with van der Waals surface area (Å²) in [6.07, 6.45) is 5.05. The number of anilines is 1. The zero-order valence-corrected chi connectivity index (χ0v) is 17.9. The number of benzene rings is 1. The van der Waals surface area contributed by atoms with Crippen LogP contribution >= 0.6 is 23.2 Å². The topological polar surface area (TPSA) is 128 Å². The molecule has 0 saturated heterocycles. The Kier molecular flexibility index (Phi) is 7.91. The second-order valence-corrected chi connectivity index (χ2v) is 8.34. The molecule has 0 radical (unpaired) electrons. The number of hydrogen-bond donors (Lipinski definition) is 5. The van der Waals surface area contributed by atoms with Crippen molar-refractivity contribution in [1.29, 1.82) is 0 Å². The Morgan fingerprint density at radius 1 is 1.10 bits per heavy atom. The van der Waals surface area contributed by atoms with E-state index in [9.17, 15) is 10.2 Å². The number of hydrogen-bond acceptors (Lipinski definition) is 6. The van der Waals surface area contributed by atoms with Gasteiger partial charge < -0.3 is 26.0 Å². The third kappa shape index (κ3) is 5.42. The highest BCUT2D eigenvalue weighted by atomic mass is 35.5. The van der Waals surface area contributed by atoms with Gasteiger partial charge in [-0.25, -0.2) is 9.97 Å². The number of nitrogens with two attached hydrogens (primary N) is 1. The number of aliphatic hydroxyl groups excluding tert-OH is 3. The molecule has 1 aromatic carbocycles. The highest BCUT2D eigenvalue weighted by Crippen LogP contribution is 2.43. The number of aromatic amines is 1. The average Bonchev–Trinajstić information content (AvgIpc) is 3.18. The molecule has 3 aromatic rings. The van der Waals surface area contributed by atoms with Gasteiger partial charge >= 0.3 is 0 Å². The van der Waals surface area contributed by atoms with Crippen LogP contribution in [0.25, 0.3) is 11.0 Å². The van der Waals surface area contributed by atoms with Crippen LogP contribution in [0.15, 0.2) is 36.8 Å². The third-order valence-corrected chi connectivity index (χ3v) is 6.34. The van der Waals surface area contributed by atoms with Gasteiger partial charge in [0, 0.05) is 6.20 Å². The monoisotopic (exact) mass is 452 g/mol. The molecule has 0 aliphatic heterocycles. The lowest BCUT2D eigenvalue weighted by Crippen LogP contribution is -2.33. The van der Waals surface area contributed by atoms with Gasteiger partial charge in [-0.15, -0.1) is 0 Å². The van der Waals surface area contributed by atoms with Gasteiger partial charge in [-0.3, -0.25) is 0 Å². The Morgan fingerprint density at radius 3 is 2.47 bits per heavy atom. The highest BCUT2D eigenvalue weighted by Gasteiger charge is 2.32. The maximum Gasteiger partial charge on any atom is 0.142 e.